The normalized spacial score (nSPS) is 13.4. The van der Waals surface area contributed by atoms with E-state index in [0.29, 0.717) is 0 Å². The van der Waals surface area contributed by atoms with Crippen molar-refractivity contribution in [3.8, 4) is 16.9 Å². The van der Waals surface area contributed by atoms with Crippen LogP contribution in [0.1, 0.15) is 126 Å². The fourth-order valence-corrected chi connectivity index (χ4v) is 6.67. The average molecular weight is 665 g/mol. The lowest BCUT2D eigenvalue weighted by atomic mass is 9.77. The molecule has 0 aliphatic heterocycles. The molecular formula is C49H60O. The predicted octanol–water partition coefficient (Wildman–Crippen LogP) is 14.1. The fourth-order valence-electron chi connectivity index (χ4n) is 6.67. The first kappa shape index (κ1) is 38.4. The lowest BCUT2D eigenvalue weighted by Crippen LogP contribution is -2.18. The van der Waals surface area contributed by atoms with Gasteiger partial charge >= 0.3 is 0 Å². The zero-order valence-electron chi connectivity index (χ0n) is 33.4. The molecule has 0 heterocycles. The SMILES string of the molecule is C=C/C=C(\C=C(/C)c1cc(C(C)(C)C)cc(-c2cccc(C)c2/C=C(\C)c2cc(C(C)(C)C)cc(C(C)(C)C)c2OC)c1C)c1ccccc1. The Hall–Kier alpha value is -4.36. The molecule has 262 valence electrons. The van der Waals surface area contributed by atoms with E-state index in [1.807, 2.05) is 13.2 Å². The summed E-state index contributed by atoms with van der Waals surface area (Å²) in [6.45, 7) is 33.6. The van der Waals surface area contributed by atoms with Crippen molar-refractivity contribution in [3.63, 3.8) is 0 Å². The molecule has 0 fully saturated rings. The van der Waals surface area contributed by atoms with E-state index in [0.717, 1.165) is 16.9 Å². The maximum Gasteiger partial charge on any atom is 0.130 e. The molecule has 0 aliphatic carbocycles. The van der Waals surface area contributed by atoms with Gasteiger partial charge in [0.2, 0.25) is 0 Å². The van der Waals surface area contributed by atoms with Gasteiger partial charge in [0, 0.05) is 11.1 Å². The van der Waals surface area contributed by atoms with Gasteiger partial charge < -0.3 is 4.74 Å². The van der Waals surface area contributed by atoms with Gasteiger partial charge in [-0.3, -0.25) is 0 Å². The highest BCUT2D eigenvalue weighted by atomic mass is 16.5. The lowest BCUT2D eigenvalue weighted by molar-refractivity contribution is 0.395. The molecule has 50 heavy (non-hydrogen) atoms. The first-order valence-corrected chi connectivity index (χ1v) is 18.0. The standard InChI is InChI=1S/C49H60O/c1-16-21-37(36-23-18-17-19-24-36)26-33(3)41-28-38(47(6,7)8)30-44(35(41)5)40-25-20-22-32(2)42(40)27-34(4)43-29-39(48(9,10)11)31-45(46(43)50-15)49(12,13)14/h16-31H,1H2,2-15H3/b33-26+,34-27+,37-21+. The van der Waals surface area contributed by atoms with Gasteiger partial charge in [0.25, 0.3) is 0 Å². The number of aryl methyl sites for hydroxylation is 1. The van der Waals surface area contributed by atoms with Gasteiger partial charge in [-0.25, -0.2) is 0 Å². The Balaban J connectivity index is 2.01. The molecule has 0 amide bonds. The number of rotatable bonds is 8. The van der Waals surface area contributed by atoms with E-state index < -0.39 is 0 Å². The Kier molecular flexibility index (Phi) is 11.4. The van der Waals surface area contributed by atoms with E-state index in [4.69, 9.17) is 4.74 Å². The van der Waals surface area contributed by atoms with Gasteiger partial charge in [-0.15, -0.1) is 0 Å². The smallest absolute Gasteiger partial charge is 0.130 e. The third-order valence-corrected chi connectivity index (χ3v) is 9.84. The molecule has 0 unspecified atom stereocenters. The highest BCUT2D eigenvalue weighted by Gasteiger charge is 2.27. The van der Waals surface area contributed by atoms with Crippen molar-refractivity contribution >= 4 is 22.8 Å². The molecule has 1 heteroatoms. The molecule has 0 saturated carbocycles. The number of methoxy groups -OCH3 is 1. The van der Waals surface area contributed by atoms with E-state index >= 15 is 0 Å². The molecule has 0 N–H and O–H groups in total. The molecule has 4 aromatic rings. The van der Waals surface area contributed by atoms with Gasteiger partial charge in [-0.05, 0) is 117 Å². The topological polar surface area (TPSA) is 9.23 Å². The second-order valence-corrected chi connectivity index (χ2v) is 17.0. The highest BCUT2D eigenvalue weighted by Crippen LogP contribution is 2.43. The molecular weight excluding hydrogens is 605 g/mol. The summed E-state index contributed by atoms with van der Waals surface area (Å²) >= 11 is 0. The van der Waals surface area contributed by atoms with E-state index in [1.165, 1.54) is 66.8 Å². The van der Waals surface area contributed by atoms with Crippen LogP contribution in [0.15, 0.2) is 97.6 Å². The van der Waals surface area contributed by atoms with Crippen molar-refractivity contribution in [3.05, 3.63) is 148 Å². The van der Waals surface area contributed by atoms with Crippen molar-refractivity contribution in [2.24, 2.45) is 0 Å². The number of hydrogen-bond acceptors (Lipinski definition) is 1. The summed E-state index contributed by atoms with van der Waals surface area (Å²) in [5.41, 5.74) is 17.2. The van der Waals surface area contributed by atoms with Gasteiger partial charge in [-0.2, -0.15) is 0 Å². The van der Waals surface area contributed by atoms with Crippen LogP contribution in [0, 0.1) is 13.8 Å². The Bertz CT molecular complexity index is 1950. The Morgan fingerprint density at radius 1 is 0.660 bits per heavy atom. The van der Waals surface area contributed by atoms with Crippen LogP contribution >= 0.6 is 0 Å². The zero-order chi connectivity index (χ0) is 37.2. The molecule has 0 atom stereocenters. The molecule has 0 radical (unpaired) electrons. The van der Waals surface area contributed by atoms with Crippen molar-refractivity contribution in [2.75, 3.05) is 7.11 Å². The van der Waals surface area contributed by atoms with Crippen molar-refractivity contribution in [2.45, 2.75) is 106 Å². The maximum atomic E-state index is 6.21. The minimum Gasteiger partial charge on any atom is -0.496 e. The molecule has 1 nitrogen and oxygen atoms in total. The van der Waals surface area contributed by atoms with Crippen LogP contribution in [0.5, 0.6) is 5.75 Å². The van der Waals surface area contributed by atoms with E-state index in [1.54, 1.807) is 0 Å². The summed E-state index contributed by atoms with van der Waals surface area (Å²) < 4.78 is 6.21. The lowest BCUT2D eigenvalue weighted by Gasteiger charge is -2.29. The first-order chi connectivity index (χ1) is 23.3. The van der Waals surface area contributed by atoms with Crippen molar-refractivity contribution in [1.82, 2.24) is 0 Å². The van der Waals surface area contributed by atoms with E-state index in [9.17, 15) is 0 Å². The number of allylic oxidation sites excluding steroid dienone is 6. The monoisotopic (exact) mass is 664 g/mol. The molecule has 0 aliphatic rings. The molecule has 0 aromatic heterocycles. The summed E-state index contributed by atoms with van der Waals surface area (Å²) in [7, 11) is 1.81. The Morgan fingerprint density at radius 2 is 1.26 bits per heavy atom. The molecule has 0 bridgehead atoms. The van der Waals surface area contributed by atoms with Crippen molar-refractivity contribution < 1.29 is 4.74 Å². The highest BCUT2D eigenvalue weighted by molar-refractivity contribution is 5.92. The largest absolute Gasteiger partial charge is 0.496 e. The van der Waals surface area contributed by atoms with E-state index in [-0.39, 0.29) is 16.2 Å². The van der Waals surface area contributed by atoms with Gasteiger partial charge in [0.05, 0.1) is 7.11 Å². The van der Waals surface area contributed by atoms with Crippen LogP contribution in [0.3, 0.4) is 0 Å². The summed E-state index contributed by atoms with van der Waals surface area (Å²) in [6.07, 6.45) is 8.66. The minimum atomic E-state index is -0.0665. The summed E-state index contributed by atoms with van der Waals surface area (Å²) in [5.74, 6) is 0.963. The third-order valence-electron chi connectivity index (χ3n) is 9.84. The molecule has 4 aromatic carbocycles. The van der Waals surface area contributed by atoms with Crippen LogP contribution in [0.25, 0.3) is 33.9 Å². The Labute approximate surface area is 304 Å². The third kappa shape index (κ3) is 8.50. The quantitative estimate of drug-likeness (QED) is 0.135. The number of benzene rings is 4. The Morgan fingerprint density at radius 3 is 1.82 bits per heavy atom. The predicted molar refractivity (Wildman–Crippen MR) is 222 cm³/mol. The number of ether oxygens (including phenoxy) is 1. The second kappa shape index (κ2) is 14.9. The summed E-state index contributed by atoms with van der Waals surface area (Å²) in [6, 6.07) is 26.8. The zero-order valence-corrected chi connectivity index (χ0v) is 33.4. The van der Waals surface area contributed by atoms with E-state index in [2.05, 4.69) is 188 Å². The van der Waals surface area contributed by atoms with Gasteiger partial charge in [0.1, 0.15) is 5.75 Å². The minimum absolute atomic E-state index is 0.00263. The summed E-state index contributed by atoms with van der Waals surface area (Å²) in [4.78, 5) is 0. The van der Waals surface area contributed by atoms with Crippen LogP contribution < -0.4 is 4.74 Å². The second-order valence-electron chi connectivity index (χ2n) is 17.0. The van der Waals surface area contributed by atoms with Crippen LogP contribution in [-0.4, -0.2) is 7.11 Å². The molecule has 4 rings (SSSR count). The maximum absolute atomic E-state index is 6.21. The van der Waals surface area contributed by atoms with Crippen LogP contribution in [0.4, 0.5) is 0 Å². The average Bonchev–Trinajstić information content (AvgIpc) is 3.03. The van der Waals surface area contributed by atoms with Crippen LogP contribution in [-0.2, 0) is 16.2 Å². The van der Waals surface area contributed by atoms with Gasteiger partial charge in [-0.1, -0.05) is 160 Å². The summed E-state index contributed by atoms with van der Waals surface area (Å²) in [5, 5.41) is 0. The number of hydrogen-bond donors (Lipinski definition) is 0. The van der Waals surface area contributed by atoms with Crippen LogP contribution in [0.2, 0.25) is 0 Å². The van der Waals surface area contributed by atoms with Gasteiger partial charge in [0.15, 0.2) is 0 Å². The molecule has 0 spiro atoms. The van der Waals surface area contributed by atoms with Crippen molar-refractivity contribution in [1.29, 1.82) is 0 Å². The fraction of sp³-hybridized carbons (Fsp3) is 0.347. The first-order valence-electron chi connectivity index (χ1n) is 18.0. The molecule has 0 saturated heterocycles.